The first-order valence-electron chi connectivity index (χ1n) is 8.67. The van der Waals surface area contributed by atoms with Crippen LogP contribution in [0.2, 0.25) is 5.02 Å². The largest absolute Gasteiger partial charge is 0.450 e. The summed E-state index contributed by atoms with van der Waals surface area (Å²) < 4.78 is 10.8. The molecule has 1 heterocycles. The van der Waals surface area contributed by atoms with E-state index < -0.39 is 5.97 Å². The quantitative estimate of drug-likeness (QED) is 0.582. The van der Waals surface area contributed by atoms with Gasteiger partial charge in [-0.25, -0.2) is 4.79 Å². The Bertz CT molecular complexity index is 965. The molecule has 0 spiro atoms. The zero-order chi connectivity index (χ0) is 19.4. The van der Waals surface area contributed by atoms with E-state index in [1.165, 1.54) is 0 Å². The van der Waals surface area contributed by atoms with Crippen LogP contribution in [0.5, 0.6) is 0 Å². The Kier molecular flexibility index (Phi) is 5.81. The van der Waals surface area contributed by atoms with Gasteiger partial charge >= 0.3 is 5.97 Å². The van der Waals surface area contributed by atoms with Crippen molar-refractivity contribution in [1.82, 2.24) is 4.90 Å². The standard InChI is InChI=1S/C21H20ClNO4/c1-3-23(12-15-7-5-4-6-8-15)19(24)13-26-21(25)20-14(2)17-11-16(22)9-10-18(17)27-20/h4-11H,3,12-13H2,1-2H3. The highest BCUT2D eigenvalue weighted by Gasteiger charge is 2.21. The Balaban J connectivity index is 1.66. The van der Waals surface area contributed by atoms with Crippen LogP contribution in [0.1, 0.15) is 28.6 Å². The van der Waals surface area contributed by atoms with Gasteiger partial charge in [0, 0.05) is 29.1 Å². The third-order valence-electron chi connectivity index (χ3n) is 4.36. The highest BCUT2D eigenvalue weighted by atomic mass is 35.5. The number of halogens is 1. The minimum atomic E-state index is -0.663. The molecule has 0 saturated heterocycles. The molecule has 0 saturated carbocycles. The van der Waals surface area contributed by atoms with Crippen molar-refractivity contribution in [2.75, 3.05) is 13.2 Å². The van der Waals surface area contributed by atoms with Crippen LogP contribution >= 0.6 is 11.6 Å². The Morgan fingerprint density at radius 1 is 1.15 bits per heavy atom. The monoisotopic (exact) mass is 385 g/mol. The highest BCUT2D eigenvalue weighted by molar-refractivity contribution is 6.31. The molecule has 3 rings (SSSR count). The van der Waals surface area contributed by atoms with Gasteiger partial charge in [-0.15, -0.1) is 0 Å². The summed E-state index contributed by atoms with van der Waals surface area (Å²) in [5.74, 6) is -0.832. The summed E-state index contributed by atoms with van der Waals surface area (Å²) in [4.78, 5) is 26.4. The van der Waals surface area contributed by atoms with Crippen LogP contribution in [0.15, 0.2) is 52.9 Å². The summed E-state index contributed by atoms with van der Waals surface area (Å²) in [6.07, 6.45) is 0. The van der Waals surface area contributed by atoms with E-state index in [1.54, 1.807) is 30.0 Å². The predicted molar refractivity (Wildman–Crippen MR) is 104 cm³/mol. The van der Waals surface area contributed by atoms with E-state index in [9.17, 15) is 9.59 Å². The molecule has 140 valence electrons. The zero-order valence-electron chi connectivity index (χ0n) is 15.2. The van der Waals surface area contributed by atoms with Crippen molar-refractivity contribution in [2.45, 2.75) is 20.4 Å². The summed E-state index contributed by atoms with van der Waals surface area (Å²) in [5.41, 5.74) is 2.21. The molecule has 27 heavy (non-hydrogen) atoms. The van der Waals surface area contributed by atoms with Crippen LogP contribution in [0, 0.1) is 6.92 Å². The van der Waals surface area contributed by atoms with Crippen molar-refractivity contribution < 1.29 is 18.7 Å². The molecular weight excluding hydrogens is 366 g/mol. The zero-order valence-corrected chi connectivity index (χ0v) is 16.0. The van der Waals surface area contributed by atoms with Gasteiger partial charge in [0.1, 0.15) is 5.58 Å². The number of carbonyl (C=O) groups is 2. The molecule has 3 aromatic rings. The molecule has 1 aromatic heterocycles. The number of hydrogen-bond acceptors (Lipinski definition) is 4. The first kappa shape index (κ1) is 19.0. The van der Waals surface area contributed by atoms with Crippen molar-refractivity contribution in [2.24, 2.45) is 0 Å². The number of nitrogens with zero attached hydrogens (tertiary/aromatic N) is 1. The molecule has 0 aliphatic rings. The lowest BCUT2D eigenvalue weighted by molar-refractivity contribution is -0.135. The number of carbonyl (C=O) groups excluding carboxylic acids is 2. The molecule has 2 aromatic carbocycles. The normalized spacial score (nSPS) is 10.8. The van der Waals surface area contributed by atoms with Crippen LogP contribution < -0.4 is 0 Å². The highest BCUT2D eigenvalue weighted by Crippen LogP contribution is 2.28. The van der Waals surface area contributed by atoms with Gasteiger partial charge in [0.25, 0.3) is 5.91 Å². The average molecular weight is 386 g/mol. The first-order valence-corrected chi connectivity index (χ1v) is 9.05. The number of amides is 1. The van der Waals surface area contributed by atoms with E-state index in [0.717, 1.165) is 10.9 Å². The Labute approximate surface area is 162 Å². The summed E-state index contributed by atoms with van der Waals surface area (Å²) >= 11 is 5.99. The molecule has 6 heteroatoms. The predicted octanol–water partition coefficient (Wildman–Crippen LogP) is 4.60. The van der Waals surface area contributed by atoms with Gasteiger partial charge in [-0.3, -0.25) is 4.79 Å². The van der Waals surface area contributed by atoms with E-state index in [4.69, 9.17) is 20.8 Å². The van der Waals surface area contributed by atoms with E-state index in [2.05, 4.69) is 0 Å². The van der Waals surface area contributed by atoms with Crippen LogP contribution in [-0.2, 0) is 16.1 Å². The second kappa shape index (κ2) is 8.27. The molecule has 0 bridgehead atoms. The minimum Gasteiger partial charge on any atom is -0.450 e. The number of hydrogen-bond donors (Lipinski definition) is 0. The van der Waals surface area contributed by atoms with Gasteiger partial charge in [0.2, 0.25) is 5.76 Å². The molecule has 0 radical (unpaired) electrons. The average Bonchev–Trinajstić information content (AvgIpc) is 3.01. The number of benzene rings is 2. The summed E-state index contributed by atoms with van der Waals surface area (Å²) in [5, 5.41) is 1.31. The molecule has 0 atom stereocenters. The third kappa shape index (κ3) is 4.31. The van der Waals surface area contributed by atoms with Gasteiger partial charge in [0.15, 0.2) is 6.61 Å². The van der Waals surface area contributed by atoms with E-state index in [1.807, 2.05) is 37.3 Å². The molecule has 0 aliphatic carbocycles. The first-order chi connectivity index (χ1) is 13.0. The minimum absolute atomic E-state index is 0.0891. The fourth-order valence-corrected chi connectivity index (χ4v) is 3.02. The summed E-state index contributed by atoms with van der Waals surface area (Å²) in [7, 11) is 0. The molecule has 5 nitrogen and oxygen atoms in total. The van der Waals surface area contributed by atoms with Crippen molar-refractivity contribution >= 4 is 34.4 Å². The molecular formula is C21H20ClNO4. The molecule has 0 aliphatic heterocycles. The van der Waals surface area contributed by atoms with Crippen LogP contribution in [0.4, 0.5) is 0 Å². The maximum Gasteiger partial charge on any atom is 0.375 e. The van der Waals surface area contributed by atoms with E-state index >= 15 is 0 Å². The SMILES string of the molecule is CCN(Cc1ccccc1)C(=O)COC(=O)c1oc2ccc(Cl)cc2c1C. The van der Waals surface area contributed by atoms with Crippen molar-refractivity contribution in [3.8, 4) is 0 Å². The molecule has 0 N–H and O–H groups in total. The van der Waals surface area contributed by atoms with Crippen molar-refractivity contribution in [3.05, 3.63) is 70.4 Å². The lowest BCUT2D eigenvalue weighted by Crippen LogP contribution is -2.34. The van der Waals surface area contributed by atoms with Crippen LogP contribution in [0.25, 0.3) is 11.0 Å². The van der Waals surface area contributed by atoms with Crippen LogP contribution in [0.3, 0.4) is 0 Å². The number of rotatable bonds is 6. The fourth-order valence-electron chi connectivity index (χ4n) is 2.85. The Hall–Kier alpha value is -2.79. The second-order valence-electron chi connectivity index (χ2n) is 6.17. The van der Waals surface area contributed by atoms with Crippen molar-refractivity contribution in [3.63, 3.8) is 0 Å². The molecule has 1 amide bonds. The number of ether oxygens (including phenoxy) is 1. The maximum atomic E-state index is 12.4. The van der Waals surface area contributed by atoms with Gasteiger partial charge in [-0.2, -0.15) is 0 Å². The fraction of sp³-hybridized carbons (Fsp3) is 0.238. The third-order valence-corrected chi connectivity index (χ3v) is 4.60. The molecule has 0 unspecified atom stereocenters. The lowest BCUT2D eigenvalue weighted by atomic mass is 10.1. The number of esters is 1. The van der Waals surface area contributed by atoms with Gasteiger partial charge in [0.05, 0.1) is 0 Å². The Morgan fingerprint density at radius 2 is 1.89 bits per heavy atom. The summed E-state index contributed by atoms with van der Waals surface area (Å²) in [6, 6.07) is 14.8. The number of fused-ring (bicyclic) bond motifs is 1. The van der Waals surface area contributed by atoms with Gasteiger partial charge in [-0.1, -0.05) is 41.9 Å². The smallest absolute Gasteiger partial charge is 0.375 e. The number of aryl methyl sites for hydroxylation is 1. The molecule has 0 fully saturated rings. The summed E-state index contributed by atoms with van der Waals surface area (Å²) in [6.45, 7) is 4.30. The van der Waals surface area contributed by atoms with Crippen LogP contribution in [-0.4, -0.2) is 29.9 Å². The van der Waals surface area contributed by atoms with Gasteiger partial charge < -0.3 is 14.1 Å². The van der Waals surface area contributed by atoms with E-state index in [0.29, 0.717) is 29.3 Å². The number of likely N-dealkylation sites (N-methyl/N-ethyl adjacent to an activating group) is 1. The van der Waals surface area contributed by atoms with E-state index in [-0.39, 0.29) is 18.3 Å². The van der Waals surface area contributed by atoms with Crippen molar-refractivity contribution in [1.29, 1.82) is 0 Å². The second-order valence-corrected chi connectivity index (χ2v) is 6.60. The lowest BCUT2D eigenvalue weighted by Gasteiger charge is -2.20. The van der Waals surface area contributed by atoms with Gasteiger partial charge in [-0.05, 0) is 37.6 Å². The topological polar surface area (TPSA) is 59.8 Å². The number of furan rings is 1. The Morgan fingerprint density at radius 3 is 2.59 bits per heavy atom. The maximum absolute atomic E-state index is 12.4.